The van der Waals surface area contributed by atoms with Crippen molar-refractivity contribution in [1.82, 2.24) is 0 Å². The van der Waals surface area contributed by atoms with E-state index >= 15 is 0 Å². The lowest BCUT2D eigenvalue weighted by atomic mass is 10.1. The summed E-state index contributed by atoms with van der Waals surface area (Å²) in [6.07, 6.45) is 5.03. The third-order valence-electron chi connectivity index (χ3n) is 5.84. The van der Waals surface area contributed by atoms with Crippen molar-refractivity contribution >= 4 is 51.6 Å². The number of ether oxygens (including phenoxy) is 1. The van der Waals surface area contributed by atoms with Gasteiger partial charge >= 0.3 is 5.97 Å². The number of rotatable bonds is 7. The molecule has 0 saturated carbocycles. The molecular weight excluding hydrogens is 480 g/mol. The van der Waals surface area contributed by atoms with Crippen molar-refractivity contribution < 1.29 is 19.1 Å². The van der Waals surface area contributed by atoms with E-state index in [0.717, 1.165) is 48.1 Å². The number of benzene rings is 2. The smallest absolute Gasteiger partial charge is 0.341 e. The molecule has 0 bridgehead atoms. The number of hydrogen-bond donors (Lipinski definition) is 2. The first-order chi connectivity index (χ1) is 16.9. The highest BCUT2D eigenvalue weighted by Gasteiger charge is 2.26. The number of thioether (sulfide) groups is 1. The minimum absolute atomic E-state index is 0.179. The number of hydrogen-bond acceptors (Lipinski definition) is 6. The highest BCUT2D eigenvalue weighted by molar-refractivity contribution is 8.00. The van der Waals surface area contributed by atoms with E-state index in [9.17, 15) is 14.4 Å². The fourth-order valence-corrected chi connectivity index (χ4v) is 6.08. The Morgan fingerprint density at radius 3 is 2.54 bits per heavy atom. The van der Waals surface area contributed by atoms with Gasteiger partial charge in [-0.05, 0) is 68.5 Å². The van der Waals surface area contributed by atoms with Crippen LogP contribution in [0.15, 0.2) is 53.4 Å². The van der Waals surface area contributed by atoms with E-state index in [1.165, 1.54) is 35.1 Å². The van der Waals surface area contributed by atoms with Crippen LogP contribution in [0.4, 0.5) is 10.7 Å². The predicted octanol–water partition coefficient (Wildman–Crippen LogP) is 6.10. The SMILES string of the molecule is COC(=O)c1c(NC(=O)CSc2cccc(NC(=O)c3ccc(C)cc3)c2)sc2c1CCCCC2. The first-order valence-corrected chi connectivity index (χ1v) is 13.4. The van der Waals surface area contributed by atoms with Crippen molar-refractivity contribution in [3.8, 4) is 0 Å². The van der Waals surface area contributed by atoms with Gasteiger partial charge in [0.25, 0.3) is 5.91 Å². The van der Waals surface area contributed by atoms with Crippen molar-refractivity contribution in [3.05, 3.63) is 75.7 Å². The van der Waals surface area contributed by atoms with Crippen LogP contribution < -0.4 is 10.6 Å². The zero-order chi connectivity index (χ0) is 24.8. The number of esters is 1. The number of anilines is 2. The van der Waals surface area contributed by atoms with Crippen LogP contribution in [0.5, 0.6) is 0 Å². The van der Waals surface area contributed by atoms with Gasteiger partial charge in [-0.3, -0.25) is 9.59 Å². The van der Waals surface area contributed by atoms with Crippen molar-refractivity contribution in [1.29, 1.82) is 0 Å². The zero-order valence-corrected chi connectivity index (χ0v) is 21.4. The fraction of sp³-hybridized carbons (Fsp3) is 0.296. The Morgan fingerprint density at radius 2 is 1.77 bits per heavy atom. The minimum atomic E-state index is -0.399. The third-order valence-corrected chi connectivity index (χ3v) is 8.04. The number of methoxy groups -OCH3 is 1. The number of fused-ring (bicyclic) bond motifs is 1. The van der Waals surface area contributed by atoms with Gasteiger partial charge in [-0.15, -0.1) is 23.1 Å². The van der Waals surface area contributed by atoms with E-state index in [-0.39, 0.29) is 17.6 Å². The summed E-state index contributed by atoms with van der Waals surface area (Å²) < 4.78 is 5.01. The molecule has 0 atom stereocenters. The zero-order valence-electron chi connectivity index (χ0n) is 19.8. The van der Waals surface area contributed by atoms with Gasteiger partial charge in [-0.25, -0.2) is 4.79 Å². The molecule has 2 amide bonds. The number of amides is 2. The second-order valence-corrected chi connectivity index (χ2v) is 10.6. The van der Waals surface area contributed by atoms with Gasteiger partial charge in [0.2, 0.25) is 5.91 Å². The molecule has 0 saturated heterocycles. The molecule has 0 unspecified atom stereocenters. The Balaban J connectivity index is 1.39. The summed E-state index contributed by atoms with van der Waals surface area (Å²) in [6, 6.07) is 14.8. The summed E-state index contributed by atoms with van der Waals surface area (Å²) in [5.41, 5.74) is 3.88. The maximum atomic E-state index is 12.8. The average Bonchev–Trinajstić information content (AvgIpc) is 3.02. The number of carbonyl (C=O) groups is 3. The number of aryl methyl sites for hydroxylation is 2. The van der Waals surface area contributed by atoms with E-state index in [1.54, 1.807) is 12.1 Å². The Bertz CT molecular complexity index is 1230. The summed E-state index contributed by atoms with van der Waals surface area (Å²) in [5.74, 6) is -0.592. The van der Waals surface area contributed by atoms with Gasteiger partial charge in [0.15, 0.2) is 0 Å². The summed E-state index contributed by atoms with van der Waals surface area (Å²) >= 11 is 2.86. The van der Waals surface area contributed by atoms with Gasteiger partial charge in [0.1, 0.15) is 5.00 Å². The van der Waals surface area contributed by atoms with Crippen LogP contribution in [0.3, 0.4) is 0 Å². The third kappa shape index (κ3) is 6.32. The molecule has 2 N–H and O–H groups in total. The van der Waals surface area contributed by atoms with Gasteiger partial charge in [0, 0.05) is 21.0 Å². The Labute approximate surface area is 213 Å². The molecule has 3 aromatic rings. The molecule has 0 spiro atoms. The molecule has 4 rings (SSSR count). The normalized spacial score (nSPS) is 12.9. The number of carbonyl (C=O) groups excluding carboxylic acids is 3. The van der Waals surface area contributed by atoms with Gasteiger partial charge in [0.05, 0.1) is 18.4 Å². The molecule has 6 nitrogen and oxygen atoms in total. The van der Waals surface area contributed by atoms with Crippen LogP contribution in [-0.2, 0) is 22.4 Å². The molecule has 8 heteroatoms. The number of thiophene rings is 1. The standard InChI is InChI=1S/C27H28N2O4S2/c1-17-11-13-18(14-12-17)25(31)28-19-7-6-8-20(15-19)34-16-23(30)29-26-24(27(32)33-2)21-9-4-3-5-10-22(21)35-26/h6-8,11-15H,3-5,9-10,16H2,1-2H3,(H,28,31)(H,29,30). The molecule has 1 aliphatic rings. The molecule has 1 heterocycles. The Morgan fingerprint density at radius 1 is 1.00 bits per heavy atom. The van der Waals surface area contributed by atoms with E-state index in [0.29, 0.717) is 21.8 Å². The maximum Gasteiger partial charge on any atom is 0.341 e. The minimum Gasteiger partial charge on any atom is -0.465 e. The Kier molecular flexibility index (Phi) is 8.25. The molecule has 2 aromatic carbocycles. The first-order valence-electron chi connectivity index (χ1n) is 11.6. The molecule has 1 aromatic heterocycles. The van der Waals surface area contributed by atoms with Crippen LogP contribution in [0.2, 0.25) is 0 Å². The molecule has 35 heavy (non-hydrogen) atoms. The fourth-order valence-electron chi connectivity index (χ4n) is 4.03. The van der Waals surface area contributed by atoms with Crippen molar-refractivity contribution in [2.75, 3.05) is 23.5 Å². The molecule has 0 aliphatic heterocycles. The van der Waals surface area contributed by atoms with E-state index in [2.05, 4.69) is 10.6 Å². The van der Waals surface area contributed by atoms with Crippen LogP contribution >= 0.6 is 23.1 Å². The lowest BCUT2D eigenvalue weighted by Gasteiger charge is -2.09. The van der Waals surface area contributed by atoms with Crippen molar-refractivity contribution in [3.63, 3.8) is 0 Å². The van der Waals surface area contributed by atoms with Gasteiger partial charge in [-0.2, -0.15) is 0 Å². The molecular formula is C27H28N2O4S2. The predicted molar refractivity (Wildman–Crippen MR) is 142 cm³/mol. The second-order valence-electron chi connectivity index (χ2n) is 8.44. The van der Waals surface area contributed by atoms with E-state index in [1.807, 2.05) is 43.3 Å². The van der Waals surface area contributed by atoms with Crippen molar-refractivity contribution in [2.24, 2.45) is 0 Å². The first kappa shape index (κ1) is 25.0. The quantitative estimate of drug-likeness (QED) is 0.229. The Hall–Kier alpha value is -3.10. The number of nitrogens with one attached hydrogen (secondary N) is 2. The molecule has 0 fully saturated rings. The monoisotopic (exact) mass is 508 g/mol. The van der Waals surface area contributed by atoms with Crippen LogP contribution in [0.25, 0.3) is 0 Å². The molecule has 182 valence electrons. The van der Waals surface area contributed by atoms with Crippen LogP contribution in [0, 0.1) is 6.92 Å². The molecule has 0 radical (unpaired) electrons. The summed E-state index contributed by atoms with van der Waals surface area (Å²) in [4.78, 5) is 39.8. The largest absolute Gasteiger partial charge is 0.465 e. The molecule has 1 aliphatic carbocycles. The average molecular weight is 509 g/mol. The van der Waals surface area contributed by atoms with E-state index < -0.39 is 5.97 Å². The van der Waals surface area contributed by atoms with Crippen LogP contribution in [0.1, 0.15) is 56.0 Å². The van der Waals surface area contributed by atoms with Crippen molar-refractivity contribution in [2.45, 2.75) is 43.9 Å². The maximum absolute atomic E-state index is 12.8. The highest BCUT2D eigenvalue weighted by Crippen LogP contribution is 2.38. The lowest BCUT2D eigenvalue weighted by molar-refractivity contribution is -0.113. The van der Waals surface area contributed by atoms with E-state index in [4.69, 9.17) is 4.74 Å². The van der Waals surface area contributed by atoms with Gasteiger partial charge < -0.3 is 15.4 Å². The lowest BCUT2D eigenvalue weighted by Crippen LogP contribution is -2.16. The second kappa shape index (κ2) is 11.6. The summed E-state index contributed by atoms with van der Waals surface area (Å²) in [7, 11) is 1.37. The summed E-state index contributed by atoms with van der Waals surface area (Å²) in [6.45, 7) is 1.97. The van der Waals surface area contributed by atoms with Gasteiger partial charge in [-0.1, -0.05) is 30.2 Å². The highest BCUT2D eigenvalue weighted by atomic mass is 32.2. The topological polar surface area (TPSA) is 84.5 Å². The summed E-state index contributed by atoms with van der Waals surface area (Å²) in [5, 5.41) is 6.41. The van der Waals surface area contributed by atoms with Crippen LogP contribution in [-0.4, -0.2) is 30.6 Å².